The van der Waals surface area contributed by atoms with Crippen molar-refractivity contribution in [1.82, 2.24) is 15.5 Å². The quantitative estimate of drug-likeness (QED) is 0.571. The average molecular weight is 436 g/mol. The first-order valence-electron chi connectivity index (χ1n) is 10.9. The lowest BCUT2D eigenvalue weighted by atomic mass is 9.99. The molecule has 4 nitrogen and oxygen atoms in total. The Morgan fingerprint density at radius 1 is 0.875 bits per heavy atom. The third-order valence-corrected chi connectivity index (χ3v) is 5.85. The van der Waals surface area contributed by atoms with Gasteiger partial charge in [0.2, 0.25) is 0 Å². The Bertz CT molecular complexity index is 982. The van der Waals surface area contributed by atoms with Gasteiger partial charge in [0.15, 0.2) is 11.6 Å². The van der Waals surface area contributed by atoms with E-state index in [1.807, 2.05) is 60.7 Å². The van der Waals surface area contributed by atoms with Crippen molar-refractivity contribution in [2.75, 3.05) is 13.1 Å². The fourth-order valence-electron chi connectivity index (χ4n) is 4.14. The average Bonchev–Trinajstić information content (AvgIpc) is 2.82. The molecule has 4 rings (SSSR count). The van der Waals surface area contributed by atoms with Gasteiger partial charge in [0.25, 0.3) is 0 Å². The molecule has 0 bridgehead atoms. The molecule has 3 aromatic rings. The van der Waals surface area contributed by atoms with Crippen LogP contribution in [0.25, 0.3) is 0 Å². The summed E-state index contributed by atoms with van der Waals surface area (Å²) < 4.78 is 26.6. The van der Waals surface area contributed by atoms with E-state index in [2.05, 4.69) is 15.5 Å². The number of carbonyl (C=O) groups is 1. The Hall–Kier alpha value is -3.25. The first-order chi connectivity index (χ1) is 15.6. The Balaban J connectivity index is 1.31. The summed E-state index contributed by atoms with van der Waals surface area (Å²) in [7, 11) is 0. The van der Waals surface area contributed by atoms with E-state index in [0.29, 0.717) is 6.54 Å². The van der Waals surface area contributed by atoms with Gasteiger partial charge in [-0.3, -0.25) is 4.90 Å². The van der Waals surface area contributed by atoms with E-state index in [1.165, 1.54) is 12.1 Å². The van der Waals surface area contributed by atoms with E-state index in [-0.39, 0.29) is 18.1 Å². The highest BCUT2D eigenvalue weighted by molar-refractivity contribution is 5.75. The van der Waals surface area contributed by atoms with E-state index in [1.54, 1.807) is 6.07 Å². The molecular weight excluding hydrogens is 408 g/mol. The minimum absolute atomic E-state index is 0.0726. The van der Waals surface area contributed by atoms with Crippen molar-refractivity contribution in [3.05, 3.63) is 107 Å². The summed E-state index contributed by atoms with van der Waals surface area (Å²) >= 11 is 0. The Morgan fingerprint density at radius 3 is 2.03 bits per heavy atom. The molecule has 166 valence electrons. The molecule has 1 saturated heterocycles. The van der Waals surface area contributed by atoms with Gasteiger partial charge in [0.1, 0.15) is 0 Å². The highest BCUT2D eigenvalue weighted by Gasteiger charge is 2.23. The van der Waals surface area contributed by atoms with Gasteiger partial charge in [-0.2, -0.15) is 0 Å². The van der Waals surface area contributed by atoms with Crippen molar-refractivity contribution in [2.24, 2.45) is 0 Å². The lowest BCUT2D eigenvalue weighted by Gasteiger charge is -2.32. The van der Waals surface area contributed by atoms with Gasteiger partial charge in [0.05, 0.1) is 6.04 Å². The summed E-state index contributed by atoms with van der Waals surface area (Å²) in [5.41, 5.74) is 2.80. The SMILES string of the molecule is O=C(NC1CCN(Cc2ccc(F)c(F)c2)CC1)NC(c1ccccc1)c1ccccc1. The van der Waals surface area contributed by atoms with Crippen LogP contribution in [0.4, 0.5) is 13.6 Å². The second kappa shape index (κ2) is 10.4. The molecule has 0 atom stereocenters. The number of hydrogen-bond donors (Lipinski definition) is 2. The van der Waals surface area contributed by atoms with Crippen LogP contribution in [0.1, 0.15) is 35.6 Å². The standard InChI is InChI=1S/C26H27F2N3O/c27-23-12-11-19(17-24(23)28)18-31-15-13-22(14-16-31)29-26(32)30-25(20-7-3-1-4-8-20)21-9-5-2-6-10-21/h1-12,17,22,25H,13-16,18H2,(H2,29,30,32). The van der Waals surface area contributed by atoms with Crippen molar-refractivity contribution in [1.29, 1.82) is 0 Å². The molecule has 0 unspecified atom stereocenters. The summed E-state index contributed by atoms with van der Waals surface area (Å²) in [4.78, 5) is 15.0. The largest absolute Gasteiger partial charge is 0.335 e. The monoisotopic (exact) mass is 435 g/mol. The topological polar surface area (TPSA) is 44.4 Å². The normalized spacial score (nSPS) is 15.0. The molecule has 0 spiro atoms. The van der Waals surface area contributed by atoms with Crippen LogP contribution in [-0.2, 0) is 6.54 Å². The lowest BCUT2D eigenvalue weighted by molar-refractivity contribution is 0.186. The van der Waals surface area contributed by atoms with Crippen molar-refractivity contribution in [3.63, 3.8) is 0 Å². The second-order valence-electron chi connectivity index (χ2n) is 8.17. The number of halogens is 2. The molecule has 2 N–H and O–H groups in total. The molecule has 32 heavy (non-hydrogen) atoms. The van der Waals surface area contributed by atoms with Crippen LogP contribution in [0.2, 0.25) is 0 Å². The molecule has 0 aromatic heterocycles. The maximum atomic E-state index is 13.4. The van der Waals surface area contributed by atoms with Gasteiger partial charge < -0.3 is 10.6 Å². The molecule has 0 aliphatic carbocycles. The number of urea groups is 1. The van der Waals surface area contributed by atoms with E-state index >= 15 is 0 Å². The van der Waals surface area contributed by atoms with Crippen molar-refractivity contribution in [3.8, 4) is 0 Å². The van der Waals surface area contributed by atoms with E-state index in [4.69, 9.17) is 0 Å². The summed E-state index contributed by atoms with van der Waals surface area (Å²) in [6.07, 6.45) is 1.61. The predicted molar refractivity (Wildman–Crippen MR) is 121 cm³/mol. The Labute approximate surface area is 187 Å². The van der Waals surface area contributed by atoms with Crippen LogP contribution in [0, 0.1) is 11.6 Å². The number of hydrogen-bond acceptors (Lipinski definition) is 2. The molecule has 0 saturated carbocycles. The predicted octanol–water partition coefficient (Wildman–Crippen LogP) is 5.02. The number of carbonyl (C=O) groups excluding carboxylic acids is 1. The molecule has 2 amide bonds. The molecule has 0 radical (unpaired) electrons. The van der Waals surface area contributed by atoms with Crippen LogP contribution >= 0.6 is 0 Å². The van der Waals surface area contributed by atoms with Gasteiger partial charge in [-0.05, 0) is 41.7 Å². The van der Waals surface area contributed by atoms with E-state index < -0.39 is 11.6 Å². The van der Waals surface area contributed by atoms with Gasteiger partial charge >= 0.3 is 6.03 Å². The van der Waals surface area contributed by atoms with Gasteiger partial charge in [0, 0.05) is 25.7 Å². The third-order valence-electron chi connectivity index (χ3n) is 5.85. The van der Waals surface area contributed by atoms with E-state index in [9.17, 15) is 13.6 Å². The number of amides is 2. The number of benzene rings is 3. The minimum Gasteiger partial charge on any atom is -0.335 e. The van der Waals surface area contributed by atoms with Crippen LogP contribution in [0.5, 0.6) is 0 Å². The van der Waals surface area contributed by atoms with Crippen molar-refractivity contribution < 1.29 is 13.6 Å². The molecular formula is C26H27F2N3O. The first kappa shape index (κ1) is 22.0. The van der Waals surface area contributed by atoms with Crippen LogP contribution in [0.3, 0.4) is 0 Å². The maximum Gasteiger partial charge on any atom is 0.315 e. The number of nitrogens with zero attached hydrogens (tertiary/aromatic N) is 1. The van der Waals surface area contributed by atoms with Crippen LogP contribution < -0.4 is 10.6 Å². The van der Waals surface area contributed by atoms with Crippen molar-refractivity contribution in [2.45, 2.75) is 31.5 Å². The molecule has 1 fully saturated rings. The van der Waals surface area contributed by atoms with Gasteiger partial charge in [-0.25, -0.2) is 13.6 Å². The van der Waals surface area contributed by atoms with Gasteiger partial charge in [-0.15, -0.1) is 0 Å². The number of piperidine rings is 1. The third kappa shape index (κ3) is 5.71. The molecule has 1 aliphatic rings. The zero-order chi connectivity index (χ0) is 22.3. The summed E-state index contributed by atoms with van der Waals surface area (Å²) in [6.45, 7) is 2.13. The summed E-state index contributed by atoms with van der Waals surface area (Å²) in [5.74, 6) is -1.64. The van der Waals surface area contributed by atoms with Crippen LogP contribution in [0.15, 0.2) is 78.9 Å². The lowest BCUT2D eigenvalue weighted by Crippen LogP contribution is -2.48. The number of likely N-dealkylation sites (tertiary alicyclic amines) is 1. The van der Waals surface area contributed by atoms with Crippen LogP contribution in [-0.4, -0.2) is 30.1 Å². The van der Waals surface area contributed by atoms with Gasteiger partial charge in [-0.1, -0.05) is 66.7 Å². The molecule has 3 aromatic carbocycles. The Kier molecular flexibility index (Phi) is 7.12. The number of nitrogens with one attached hydrogen (secondary N) is 2. The molecule has 6 heteroatoms. The summed E-state index contributed by atoms with van der Waals surface area (Å²) in [5, 5.41) is 6.22. The first-order valence-corrected chi connectivity index (χ1v) is 10.9. The maximum absolute atomic E-state index is 13.4. The minimum atomic E-state index is -0.827. The highest BCUT2D eigenvalue weighted by atomic mass is 19.2. The molecule has 1 heterocycles. The zero-order valence-corrected chi connectivity index (χ0v) is 17.8. The highest BCUT2D eigenvalue weighted by Crippen LogP contribution is 2.22. The number of rotatable bonds is 6. The smallest absolute Gasteiger partial charge is 0.315 e. The van der Waals surface area contributed by atoms with Crippen molar-refractivity contribution >= 4 is 6.03 Å². The fourth-order valence-corrected chi connectivity index (χ4v) is 4.14. The second-order valence-corrected chi connectivity index (χ2v) is 8.17. The molecule has 1 aliphatic heterocycles. The zero-order valence-electron chi connectivity index (χ0n) is 17.8. The van der Waals surface area contributed by atoms with E-state index in [0.717, 1.165) is 42.6 Å². The summed E-state index contributed by atoms with van der Waals surface area (Å²) in [6, 6.07) is 23.5. The fraction of sp³-hybridized carbons (Fsp3) is 0.269. The Morgan fingerprint density at radius 2 is 1.47 bits per heavy atom.